The average Bonchev–Trinajstić information content (AvgIpc) is 2.15. The summed E-state index contributed by atoms with van der Waals surface area (Å²) in [6.07, 6.45) is 1.68. The van der Waals surface area contributed by atoms with Crippen molar-refractivity contribution < 1.29 is 9.84 Å². The summed E-state index contributed by atoms with van der Waals surface area (Å²) in [5.74, 6) is 0.803. The van der Waals surface area contributed by atoms with Crippen LogP contribution >= 0.6 is 15.9 Å². The van der Waals surface area contributed by atoms with E-state index in [9.17, 15) is 5.11 Å². The first kappa shape index (κ1) is 9.99. The van der Waals surface area contributed by atoms with Crippen molar-refractivity contribution in [3.05, 3.63) is 28.7 Å². The van der Waals surface area contributed by atoms with Gasteiger partial charge in [0, 0.05) is 0 Å². The maximum absolute atomic E-state index is 9.78. The van der Waals surface area contributed by atoms with Crippen LogP contribution in [0.1, 0.15) is 19.8 Å². The van der Waals surface area contributed by atoms with Gasteiger partial charge in [-0.1, -0.05) is 12.1 Å². The molecule has 0 aliphatic heterocycles. The zero-order chi connectivity index (χ0) is 10.2. The van der Waals surface area contributed by atoms with E-state index in [1.165, 1.54) is 0 Å². The molecule has 0 saturated heterocycles. The van der Waals surface area contributed by atoms with Gasteiger partial charge in [0.1, 0.15) is 11.9 Å². The zero-order valence-electron chi connectivity index (χ0n) is 8.03. The first-order chi connectivity index (χ1) is 6.59. The minimum Gasteiger partial charge on any atom is -0.486 e. The Morgan fingerprint density at radius 1 is 1.50 bits per heavy atom. The lowest BCUT2D eigenvalue weighted by Crippen LogP contribution is -2.52. The second-order valence-corrected chi connectivity index (χ2v) is 4.79. The molecule has 1 saturated carbocycles. The molecule has 0 unspecified atom stereocenters. The molecular formula is C11H13BrO2. The molecule has 1 fully saturated rings. The monoisotopic (exact) mass is 256 g/mol. The minimum atomic E-state index is -0.657. The molecular weight excluding hydrogens is 244 g/mol. The van der Waals surface area contributed by atoms with Gasteiger partial charge < -0.3 is 9.84 Å². The fourth-order valence-corrected chi connectivity index (χ4v) is 1.94. The van der Waals surface area contributed by atoms with E-state index < -0.39 is 5.60 Å². The highest BCUT2D eigenvalue weighted by Gasteiger charge is 2.43. The van der Waals surface area contributed by atoms with Crippen molar-refractivity contribution in [2.45, 2.75) is 31.5 Å². The Labute approximate surface area is 92.0 Å². The highest BCUT2D eigenvalue weighted by molar-refractivity contribution is 9.10. The van der Waals surface area contributed by atoms with E-state index in [2.05, 4.69) is 15.9 Å². The molecule has 0 bridgehead atoms. The fraction of sp³-hybridized carbons (Fsp3) is 0.455. The molecule has 0 amide bonds. The first-order valence-corrected chi connectivity index (χ1v) is 5.52. The largest absolute Gasteiger partial charge is 0.486 e. The molecule has 76 valence electrons. The average molecular weight is 257 g/mol. The summed E-state index contributed by atoms with van der Waals surface area (Å²) in [5, 5.41) is 9.78. The molecule has 1 aromatic carbocycles. The van der Waals surface area contributed by atoms with Gasteiger partial charge in [-0.2, -0.15) is 0 Å². The van der Waals surface area contributed by atoms with Crippen LogP contribution in [0.2, 0.25) is 0 Å². The Kier molecular flexibility index (Phi) is 2.54. The van der Waals surface area contributed by atoms with Gasteiger partial charge in [0.25, 0.3) is 0 Å². The topological polar surface area (TPSA) is 29.5 Å². The molecule has 2 atom stereocenters. The predicted octanol–water partition coefficient (Wildman–Crippen LogP) is 2.74. The number of hydrogen-bond acceptors (Lipinski definition) is 2. The summed E-state index contributed by atoms with van der Waals surface area (Å²) in [4.78, 5) is 0. The molecule has 1 aliphatic carbocycles. The molecule has 14 heavy (non-hydrogen) atoms. The predicted molar refractivity (Wildman–Crippen MR) is 58.4 cm³/mol. The van der Waals surface area contributed by atoms with E-state index in [4.69, 9.17) is 4.74 Å². The quantitative estimate of drug-likeness (QED) is 0.882. The number of aliphatic hydroxyl groups is 1. The second kappa shape index (κ2) is 3.55. The molecule has 1 N–H and O–H groups in total. The number of benzene rings is 1. The number of hydrogen-bond donors (Lipinski definition) is 1. The molecule has 0 spiro atoms. The summed E-state index contributed by atoms with van der Waals surface area (Å²) in [6.45, 7) is 1.82. The Hall–Kier alpha value is -0.540. The van der Waals surface area contributed by atoms with E-state index in [0.717, 1.165) is 23.1 Å². The number of ether oxygens (including phenoxy) is 1. The highest BCUT2D eigenvalue weighted by atomic mass is 79.9. The van der Waals surface area contributed by atoms with Crippen LogP contribution in [0, 0.1) is 0 Å². The standard InChI is InChI=1S/C11H13BrO2/c1-11(13)7-6-10(11)14-9-5-3-2-4-8(9)12/h2-5,10,13H,6-7H2,1H3/t10-,11-/m0/s1. The van der Waals surface area contributed by atoms with Gasteiger partial charge in [0.2, 0.25) is 0 Å². The minimum absolute atomic E-state index is 0.0683. The smallest absolute Gasteiger partial charge is 0.134 e. The van der Waals surface area contributed by atoms with Crippen molar-refractivity contribution in [3.8, 4) is 5.75 Å². The lowest BCUT2D eigenvalue weighted by Gasteiger charge is -2.42. The first-order valence-electron chi connectivity index (χ1n) is 4.73. The second-order valence-electron chi connectivity index (χ2n) is 3.93. The summed E-state index contributed by atoms with van der Waals surface area (Å²) in [5.41, 5.74) is -0.657. The molecule has 2 nitrogen and oxygen atoms in total. The fourth-order valence-electron chi connectivity index (χ4n) is 1.56. The summed E-state index contributed by atoms with van der Waals surface area (Å²) < 4.78 is 6.63. The van der Waals surface area contributed by atoms with Crippen LogP contribution in [-0.2, 0) is 0 Å². The molecule has 1 aliphatic rings. The summed E-state index contributed by atoms with van der Waals surface area (Å²) in [6, 6.07) is 7.70. The zero-order valence-corrected chi connectivity index (χ0v) is 9.62. The lowest BCUT2D eigenvalue weighted by molar-refractivity contribution is -0.118. The van der Waals surface area contributed by atoms with Crippen molar-refractivity contribution in [3.63, 3.8) is 0 Å². The molecule has 0 radical (unpaired) electrons. The third kappa shape index (κ3) is 1.79. The van der Waals surface area contributed by atoms with Crippen molar-refractivity contribution >= 4 is 15.9 Å². The van der Waals surface area contributed by atoms with Crippen LogP contribution in [0.3, 0.4) is 0 Å². The van der Waals surface area contributed by atoms with Crippen molar-refractivity contribution in [2.75, 3.05) is 0 Å². The maximum Gasteiger partial charge on any atom is 0.134 e. The summed E-state index contributed by atoms with van der Waals surface area (Å²) in [7, 11) is 0. The van der Waals surface area contributed by atoms with E-state index in [-0.39, 0.29) is 6.10 Å². The van der Waals surface area contributed by atoms with Gasteiger partial charge in [0.15, 0.2) is 0 Å². The molecule has 2 rings (SSSR count). The molecule has 3 heteroatoms. The van der Waals surface area contributed by atoms with E-state index in [1.54, 1.807) is 0 Å². The van der Waals surface area contributed by atoms with Gasteiger partial charge in [-0.3, -0.25) is 0 Å². The van der Waals surface area contributed by atoms with Gasteiger partial charge in [0.05, 0.1) is 10.1 Å². The molecule has 0 heterocycles. The van der Waals surface area contributed by atoms with Crippen LogP contribution in [0.5, 0.6) is 5.75 Å². The third-order valence-corrected chi connectivity index (χ3v) is 3.37. The molecule has 0 aromatic heterocycles. The van der Waals surface area contributed by atoms with Crippen LogP contribution in [0.4, 0.5) is 0 Å². The Balaban J connectivity index is 2.08. The number of rotatable bonds is 2. The van der Waals surface area contributed by atoms with Crippen molar-refractivity contribution in [1.29, 1.82) is 0 Å². The summed E-state index contributed by atoms with van der Waals surface area (Å²) >= 11 is 3.41. The number of halogens is 1. The Bertz CT molecular complexity index is 336. The maximum atomic E-state index is 9.78. The van der Waals surface area contributed by atoms with E-state index in [0.29, 0.717) is 0 Å². The molecule has 1 aromatic rings. The SMILES string of the molecule is C[C@]1(O)CC[C@@H]1Oc1ccccc1Br. The Morgan fingerprint density at radius 3 is 2.71 bits per heavy atom. The van der Waals surface area contributed by atoms with Crippen LogP contribution in [0.25, 0.3) is 0 Å². The van der Waals surface area contributed by atoms with Crippen molar-refractivity contribution in [1.82, 2.24) is 0 Å². The van der Waals surface area contributed by atoms with Crippen molar-refractivity contribution in [2.24, 2.45) is 0 Å². The van der Waals surface area contributed by atoms with E-state index in [1.807, 2.05) is 31.2 Å². The van der Waals surface area contributed by atoms with Crippen LogP contribution < -0.4 is 4.74 Å². The van der Waals surface area contributed by atoms with Gasteiger partial charge >= 0.3 is 0 Å². The van der Waals surface area contributed by atoms with Gasteiger partial charge in [-0.05, 0) is 47.8 Å². The van der Waals surface area contributed by atoms with Gasteiger partial charge in [-0.25, -0.2) is 0 Å². The number of para-hydroxylation sites is 1. The normalized spacial score (nSPS) is 30.9. The van der Waals surface area contributed by atoms with Crippen LogP contribution in [0.15, 0.2) is 28.7 Å². The lowest BCUT2D eigenvalue weighted by atomic mass is 9.78. The highest BCUT2D eigenvalue weighted by Crippen LogP contribution is 2.37. The van der Waals surface area contributed by atoms with Gasteiger partial charge in [-0.15, -0.1) is 0 Å². The third-order valence-electron chi connectivity index (χ3n) is 2.71. The van der Waals surface area contributed by atoms with Crippen LogP contribution in [-0.4, -0.2) is 16.8 Å². The van der Waals surface area contributed by atoms with E-state index >= 15 is 0 Å². The Morgan fingerprint density at radius 2 is 2.21 bits per heavy atom.